The Balaban J connectivity index is 1.64. The highest BCUT2D eigenvalue weighted by molar-refractivity contribution is 5.88. The Bertz CT molecular complexity index is 1240. The Kier molecular flexibility index (Phi) is 9.45. The number of amides is 2. The first-order valence-electron chi connectivity index (χ1n) is 14.1. The van der Waals surface area contributed by atoms with E-state index >= 15 is 0 Å². The molecule has 0 radical (unpaired) electrons. The first kappa shape index (κ1) is 28.4. The molecule has 1 saturated carbocycles. The lowest BCUT2D eigenvalue weighted by molar-refractivity contribution is -0.143. The summed E-state index contributed by atoms with van der Waals surface area (Å²) in [6.45, 7) is 8.62. The molecule has 5 heteroatoms. The first-order chi connectivity index (χ1) is 18.7. The molecule has 1 aliphatic rings. The number of para-hydroxylation sites is 1. The number of aryl methyl sites for hydroxylation is 1. The number of carbonyl (C=O) groups excluding carboxylic acids is 2. The van der Waals surface area contributed by atoms with Gasteiger partial charge in [0, 0.05) is 19.0 Å². The minimum Gasteiger partial charge on any atom is -0.483 e. The number of hydrogen-bond acceptors (Lipinski definition) is 3. The summed E-state index contributed by atoms with van der Waals surface area (Å²) < 4.78 is 6.16. The van der Waals surface area contributed by atoms with Gasteiger partial charge in [-0.05, 0) is 47.9 Å². The average molecular weight is 527 g/mol. The maximum Gasteiger partial charge on any atom is 0.261 e. The molecule has 0 aromatic heterocycles. The van der Waals surface area contributed by atoms with Crippen LogP contribution < -0.4 is 10.1 Å². The van der Waals surface area contributed by atoms with Crippen molar-refractivity contribution < 1.29 is 14.3 Å². The largest absolute Gasteiger partial charge is 0.483 e. The van der Waals surface area contributed by atoms with E-state index in [1.807, 2.05) is 79.7 Å². The molecule has 4 rings (SSSR count). The molecule has 1 atom stereocenters. The van der Waals surface area contributed by atoms with Crippen LogP contribution in [0, 0.1) is 6.92 Å². The minimum atomic E-state index is -0.650. The monoisotopic (exact) mass is 526 g/mol. The normalized spacial score (nSPS) is 14.6. The predicted molar refractivity (Wildman–Crippen MR) is 157 cm³/mol. The maximum atomic E-state index is 14.0. The molecule has 0 bridgehead atoms. The molecule has 0 aliphatic heterocycles. The molecule has 1 fully saturated rings. The summed E-state index contributed by atoms with van der Waals surface area (Å²) in [6.07, 6.45) is 4.67. The van der Waals surface area contributed by atoms with Crippen LogP contribution in [0.2, 0.25) is 0 Å². The molecular formula is C34H42N2O3. The third-order valence-electron chi connectivity index (χ3n) is 7.45. The van der Waals surface area contributed by atoms with Crippen LogP contribution in [-0.2, 0) is 28.0 Å². The van der Waals surface area contributed by atoms with Crippen molar-refractivity contribution in [1.82, 2.24) is 10.2 Å². The number of nitrogens with one attached hydrogen (secondary N) is 1. The van der Waals surface area contributed by atoms with E-state index < -0.39 is 6.04 Å². The Morgan fingerprint density at radius 3 is 2.28 bits per heavy atom. The Hall–Kier alpha value is -3.60. The second kappa shape index (κ2) is 13.0. The average Bonchev–Trinajstić information content (AvgIpc) is 3.42. The van der Waals surface area contributed by atoms with Gasteiger partial charge in [-0.25, -0.2) is 0 Å². The van der Waals surface area contributed by atoms with Gasteiger partial charge >= 0.3 is 0 Å². The smallest absolute Gasteiger partial charge is 0.261 e. The van der Waals surface area contributed by atoms with Crippen molar-refractivity contribution in [2.24, 2.45) is 0 Å². The van der Waals surface area contributed by atoms with Crippen LogP contribution in [-0.4, -0.2) is 35.4 Å². The Morgan fingerprint density at radius 2 is 1.59 bits per heavy atom. The molecule has 39 heavy (non-hydrogen) atoms. The summed E-state index contributed by atoms with van der Waals surface area (Å²) in [5.41, 5.74) is 4.04. The van der Waals surface area contributed by atoms with Crippen LogP contribution in [0.25, 0.3) is 0 Å². The molecule has 3 aromatic carbocycles. The van der Waals surface area contributed by atoms with Gasteiger partial charge in [0.1, 0.15) is 11.8 Å². The molecule has 3 aromatic rings. The summed E-state index contributed by atoms with van der Waals surface area (Å²) in [5.74, 6) is 0.397. The summed E-state index contributed by atoms with van der Waals surface area (Å²) in [7, 11) is 0. The third kappa shape index (κ3) is 7.95. The SMILES string of the molecule is Cc1cccc(CN(C(=O)COc2ccccc2C(C)(C)C)[C@H](Cc2ccccc2)C(=O)NC2CCCC2)c1. The number of hydrogen-bond donors (Lipinski definition) is 1. The molecule has 0 saturated heterocycles. The van der Waals surface area contributed by atoms with E-state index in [0.717, 1.165) is 47.9 Å². The van der Waals surface area contributed by atoms with E-state index in [1.165, 1.54) is 0 Å². The number of nitrogens with zero attached hydrogens (tertiary/aromatic N) is 1. The lowest BCUT2D eigenvalue weighted by Crippen LogP contribution is -2.53. The number of ether oxygens (including phenoxy) is 1. The van der Waals surface area contributed by atoms with Crippen LogP contribution in [0.4, 0.5) is 0 Å². The van der Waals surface area contributed by atoms with Crippen molar-refractivity contribution in [3.63, 3.8) is 0 Å². The predicted octanol–water partition coefficient (Wildman–Crippen LogP) is 6.37. The van der Waals surface area contributed by atoms with E-state index in [4.69, 9.17) is 4.74 Å². The summed E-state index contributed by atoms with van der Waals surface area (Å²) in [6, 6.07) is 25.4. The van der Waals surface area contributed by atoms with Gasteiger partial charge in [0.05, 0.1) is 0 Å². The van der Waals surface area contributed by atoms with Gasteiger partial charge in [-0.1, -0.05) is 112 Å². The second-order valence-corrected chi connectivity index (χ2v) is 11.7. The zero-order valence-electron chi connectivity index (χ0n) is 23.8. The molecule has 1 aliphatic carbocycles. The van der Waals surface area contributed by atoms with Gasteiger partial charge in [-0.15, -0.1) is 0 Å². The van der Waals surface area contributed by atoms with E-state index in [0.29, 0.717) is 18.7 Å². The van der Waals surface area contributed by atoms with E-state index in [-0.39, 0.29) is 29.9 Å². The van der Waals surface area contributed by atoms with E-state index in [9.17, 15) is 9.59 Å². The molecule has 0 spiro atoms. The quantitative estimate of drug-likeness (QED) is 0.334. The highest BCUT2D eigenvalue weighted by Gasteiger charge is 2.32. The molecule has 0 heterocycles. The van der Waals surface area contributed by atoms with Crippen molar-refractivity contribution in [3.05, 3.63) is 101 Å². The molecular weight excluding hydrogens is 484 g/mol. The van der Waals surface area contributed by atoms with Crippen molar-refractivity contribution in [3.8, 4) is 5.75 Å². The zero-order valence-corrected chi connectivity index (χ0v) is 23.8. The maximum absolute atomic E-state index is 14.0. The summed E-state index contributed by atoms with van der Waals surface area (Å²) >= 11 is 0. The Morgan fingerprint density at radius 1 is 0.923 bits per heavy atom. The van der Waals surface area contributed by atoms with Gasteiger partial charge in [0.2, 0.25) is 5.91 Å². The molecule has 206 valence electrons. The highest BCUT2D eigenvalue weighted by Crippen LogP contribution is 2.31. The second-order valence-electron chi connectivity index (χ2n) is 11.7. The molecule has 5 nitrogen and oxygen atoms in total. The van der Waals surface area contributed by atoms with E-state index in [2.05, 4.69) is 32.2 Å². The summed E-state index contributed by atoms with van der Waals surface area (Å²) in [4.78, 5) is 29.5. The van der Waals surface area contributed by atoms with Crippen molar-refractivity contribution >= 4 is 11.8 Å². The van der Waals surface area contributed by atoms with Gasteiger partial charge < -0.3 is 15.0 Å². The van der Waals surface area contributed by atoms with E-state index in [1.54, 1.807) is 4.90 Å². The zero-order chi connectivity index (χ0) is 27.8. The fraction of sp³-hybridized carbons (Fsp3) is 0.412. The van der Waals surface area contributed by atoms with Gasteiger partial charge in [0.25, 0.3) is 5.91 Å². The molecule has 1 N–H and O–H groups in total. The molecule has 0 unspecified atom stereocenters. The van der Waals surface area contributed by atoms with Crippen LogP contribution >= 0.6 is 0 Å². The van der Waals surface area contributed by atoms with Crippen LogP contribution in [0.15, 0.2) is 78.9 Å². The van der Waals surface area contributed by atoms with Crippen LogP contribution in [0.1, 0.15) is 68.7 Å². The van der Waals surface area contributed by atoms with Crippen LogP contribution in [0.5, 0.6) is 5.75 Å². The topological polar surface area (TPSA) is 58.6 Å². The fourth-order valence-corrected chi connectivity index (χ4v) is 5.36. The molecule has 2 amide bonds. The van der Waals surface area contributed by atoms with Gasteiger partial charge in [-0.2, -0.15) is 0 Å². The number of benzene rings is 3. The van der Waals surface area contributed by atoms with Crippen LogP contribution in [0.3, 0.4) is 0 Å². The van der Waals surface area contributed by atoms with Gasteiger partial charge in [0.15, 0.2) is 6.61 Å². The highest BCUT2D eigenvalue weighted by atomic mass is 16.5. The van der Waals surface area contributed by atoms with Crippen molar-refractivity contribution in [2.75, 3.05) is 6.61 Å². The first-order valence-corrected chi connectivity index (χ1v) is 14.1. The Labute approximate surface area is 233 Å². The number of carbonyl (C=O) groups is 2. The third-order valence-corrected chi connectivity index (χ3v) is 7.45. The standard InChI is InChI=1S/C34H42N2O3/c1-25-13-12-16-27(21-25)23-36(32(37)24-39-31-20-11-10-19-29(31)34(2,3)4)30(22-26-14-6-5-7-15-26)33(38)35-28-17-8-9-18-28/h5-7,10-16,19-21,28,30H,8-9,17-18,22-24H2,1-4H3,(H,35,38)/t30-/m1/s1. The lowest BCUT2D eigenvalue weighted by Gasteiger charge is -2.32. The van der Waals surface area contributed by atoms with Crippen molar-refractivity contribution in [1.29, 1.82) is 0 Å². The van der Waals surface area contributed by atoms with Crippen molar-refractivity contribution in [2.45, 2.75) is 83.8 Å². The minimum absolute atomic E-state index is 0.0955. The fourth-order valence-electron chi connectivity index (χ4n) is 5.36. The van der Waals surface area contributed by atoms with Gasteiger partial charge in [-0.3, -0.25) is 9.59 Å². The summed E-state index contributed by atoms with van der Waals surface area (Å²) in [5, 5.41) is 3.26. The number of rotatable bonds is 10. The lowest BCUT2D eigenvalue weighted by atomic mass is 9.86.